The maximum atomic E-state index is 12.1. The van der Waals surface area contributed by atoms with E-state index in [1.54, 1.807) is 0 Å². The number of amides is 1. The van der Waals surface area contributed by atoms with Gasteiger partial charge in [0.15, 0.2) is 0 Å². The van der Waals surface area contributed by atoms with Gasteiger partial charge in [0.2, 0.25) is 5.91 Å². The summed E-state index contributed by atoms with van der Waals surface area (Å²) in [6.45, 7) is 6.75. The van der Waals surface area contributed by atoms with Gasteiger partial charge in [-0.15, -0.1) is 10.2 Å². The van der Waals surface area contributed by atoms with E-state index in [0.29, 0.717) is 12.5 Å². The van der Waals surface area contributed by atoms with Crippen LogP contribution in [0.3, 0.4) is 0 Å². The summed E-state index contributed by atoms with van der Waals surface area (Å²) in [5, 5.41) is 18.5. The summed E-state index contributed by atoms with van der Waals surface area (Å²) in [5.74, 6) is 2.43. The van der Waals surface area contributed by atoms with E-state index in [1.165, 1.54) is 0 Å². The van der Waals surface area contributed by atoms with Crippen molar-refractivity contribution in [2.24, 2.45) is 7.05 Å². The highest BCUT2D eigenvalue weighted by molar-refractivity contribution is 5.77. The van der Waals surface area contributed by atoms with Gasteiger partial charge in [0.05, 0.1) is 12.6 Å². The van der Waals surface area contributed by atoms with Crippen LogP contribution in [0.2, 0.25) is 0 Å². The third kappa shape index (κ3) is 4.61. The van der Waals surface area contributed by atoms with Gasteiger partial charge < -0.3 is 19.3 Å². The van der Waals surface area contributed by atoms with Crippen LogP contribution in [-0.4, -0.2) is 81.1 Å². The minimum atomic E-state index is -0.156. The molecular weight excluding hydrogens is 334 g/mol. The van der Waals surface area contributed by atoms with Crippen LogP contribution < -0.4 is 0 Å². The highest BCUT2D eigenvalue weighted by Gasteiger charge is 2.28. The topological polar surface area (TPSA) is 83.7 Å². The molecule has 2 aliphatic rings. The van der Waals surface area contributed by atoms with Crippen molar-refractivity contribution in [2.75, 3.05) is 39.4 Å². The fourth-order valence-electron chi connectivity index (χ4n) is 3.81. The molecule has 0 aromatic carbocycles. The number of likely N-dealkylation sites (tertiary alicyclic amines) is 2. The molecule has 0 spiro atoms. The third-order valence-corrected chi connectivity index (χ3v) is 5.56. The maximum absolute atomic E-state index is 12.1. The molecule has 0 unspecified atom stereocenters. The van der Waals surface area contributed by atoms with Gasteiger partial charge in [-0.25, -0.2) is 0 Å². The summed E-state index contributed by atoms with van der Waals surface area (Å²) in [5.41, 5.74) is 0. The number of carbonyl (C=O) groups is 1. The Morgan fingerprint density at radius 1 is 1.15 bits per heavy atom. The lowest BCUT2D eigenvalue weighted by molar-refractivity contribution is -0.137. The van der Waals surface area contributed by atoms with Gasteiger partial charge in [-0.05, 0) is 32.6 Å². The molecule has 0 saturated carbocycles. The van der Waals surface area contributed by atoms with Crippen LogP contribution in [0.15, 0.2) is 0 Å². The number of nitrogens with zero attached hydrogens (tertiary/aromatic N) is 5. The molecule has 1 aromatic rings. The minimum Gasteiger partial charge on any atom is -0.393 e. The Kier molecular flexibility index (Phi) is 6.61. The molecule has 8 nitrogen and oxygen atoms in total. The van der Waals surface area contributed by atoms with E-state index in [0.717, 1.165) is 70.1 Å². The summed E-state index contributed by atoms with van der Waals surface area (Å²) in [4.78, 5) is 16.3. The third-order valence-electron chi connectivity index (χ3n) is 5.56. The van der Waals surface area contributed by atoms with E-state index in [-0.39, 0.29) is 18.6 Å². The van der Waals surface area contributed by atoms with Crippen molar-refractivity contribution in [1.29, 1.82) is 0 Å². The number of hydrogen-bond donors (Lipinski definition) is 1. The Labute approximate surface area is 155 Å². The molecule has 3 rings (SSSR count). The number of rotatable bonds is 6. The summed E-state index contributed by atoms with van der Waals surface area (Å²) >= 11 is 0. The van der Waals surface area contributed by atoms with Crippen LogP contribution in [0.25, 0.3) is 0 Å². The van der Waals surface area contributed by atoms with Crippen LogP contribution in [0, 0.1) is 0 Å². The number of piperidine rings is 2. The smallest absolute Gasteiger partial charge is 0.248 e. The summed E-state index contributed by atoms with van der Waals surface area (Å²) in [7, 11) is 2.04. The van der Waals surface area contributed by atoms with Crippen LogP contribution in [-0.2, 0) is 23.1 Å². The zero-order valence-electron chi connectivity index (χ0n) is 15.9. The van der Waals surface area contributed by atoms with E-state index in [9.17, 15) is 9.90 Å². The largest absolute Gasteiger partial charge is 0.393 e. The van der Waals surface area contributed by atoms with E-state index >= 15 is 0 Å². The molecular formula is C18H31N5O3. The highest BCUT2D eigenvalue weighted by atomic mass is 16.5. The second kappa shape index (κ2) is 8.92. The van der Waals surface area contributed by atoms with E-state index in [4.69, 9.17) is 4.74 Å². The lowest BCUT2D eigenvalue weighted by atomic mass is 9.96. The van der Waals surface area contributed by atoms with Gasteiger partial charge in [0.1, 0.15) is 18.3 Å². The van der Waals surface area contributed by atoms with E-state index in [2.05, 4.69) is 19.7 Å². The molecule has 2 fully saturated rings. The first-order chi connectivity index (χ1) is 12.6. The molecule has 1 N–H and O–H groups in total. The molecule has 146 valence electrons. The number of ether oxygens (including phenoxy) is 1. The molecule has 0 bridgehead atoms. The van der Waals surface area contributed by atoms with Crippen molar-refractivity contribution in [3.63, 3.8) is 0 Å². The summed E-state index contributed by atoms with van der Waals surface area (Å²) < 4.78 is 7.34. The van der Waals surface area contributed by atoms with Crippen molar-refractivity contribution in [1.82, 2.24) is 24.6 Å². The molecule has 2 saturated heterocycles. The molecule has 0 radical (unpaired) electrons. The van der Waals surface area contributed by atoms with Gasteiger partial charge in [0.25, 0.3) is 0 Å². The average Bonchev–Trinajstić information content (AvgIpc) is 3.02. The monoisotopic (exact) mass is 365 g/mol. The number of aromatic nitrogens is 3. The molecule has 2 aliphatic heterocycles. The minimum absolute atomic E-state index is 0.0799. The predicted molar refractivity (Wildman–Crippen MR) is 96.6 cm³/mol. The van der Waals surface area contributed by atoms with Crippen LogP contribution in [0.5, 0.6) is 0 Å². The summed E-state index contributed by atoms with van der Waals surface area (Å²) in [6.07, 6.45) is 3.34. The van der Waals surface area contributed by atoms with Gasteiger partial charge in [-0.3, -0.25) is 9.69 Å². The fourth-order valence-corrected chi connectivity index (χ4v) is 3.81. The number of hydrogen-bond acceptors (Lipinski definition) is 6. The fraction of sp³-hybridized carbons (Fsp3) is 0.833. The van der Waals surface area contributed by atoms with Gasteiger partial charge >= 0.3 is 0 Å². The number of aliphatic hydroxyl groups is 1. The molecule has 8 heteroatoms. The Morgan fingerprint density at radius 3 is 2.50 bits per heavy atom. The zero-order valence-corrected chi connectivity index (χ0v) is 15.9. The quantitative estimate of drug-likeness (QED) is 0.791. The molecule has 3 heterocycles. The maximum Gasteiger partial charge on any atom is 0.248 e. The standard InChI is InChI=1S/C18H31N5O3/c1-3-26-13-17(25)23-10-4-14(5-11-23)18-20-19-16(21(18)2)12-22-8-6-15(24)7-9-22/h14-15,24H,3-13H2,1-2H3. The first-order valence-electron chi connectivity index (χ1n) is 9.72. The lowest BCUT2D eigenvalue weighted by Crippen LogP contribution is -2.40. The van der Waals surface area contributed by atoms with Crippen molar-refractivity contribution >= 4 is 5.91 Å². The predicted octanol–water partition coefficient (Wildman–Crippen LogP) is 0.514. The zero-order chi connectivity index (χ0) is 18.5. The molecule has 26 heavy (non-hydrogen) atoms. The van der Waals surface area contributed by atoms with Gasteiger partial charge in [-0.2, -0.15) is 0 Å². The summed E-state index contributed by atoms with van der Waals surface area (Å²) in [6, 6.07) is 0. The van der Waals surface area contributed by atoms with Crippen LogP contribution in [0.1, 0.15) is 50.2 Å². The Morgan fingerprint density at radius 2 is 1.85 bits per heavy atom. The average molecular weight is 365 g/mol. The Bertz CT molecular complexity index is 590. The van der Waals surface area contributed by atoms with Crippen molar-refractivity contribution in [3.8, 4) is 0 Å². The van der Waals surface area contributed by atoms with Crippen molar-refractivity contribution in [2.45, 2.75) is 51.2 Å². The Hall–Kier alpha value is -1.51. The first-order valence-corrected chi connectivity index (χ1v) is 9.72. The molecule has 1 amide bonds. The van der Waals surface area contributed by atoms with Crippen molar-refractivity contribution < 1.29 is 14.6 Å². The van der Waals surface area contributed by atoms with Crippen LogP contribution >= 0.6 is 0 Å². The second-order valence-corrected chi connectivity index (χ2v) is 7.33. The number of aliphatic hydroxyl groups excluding tert-OH is 1. The highest BCUT2D eigenvalue weighted by Crippen LogP contribution is 2.27. The first kappa shape index (κ1) is 19.3. The normalized spacial score (nSPS) is 20.7. The van der Waals surface area contributed by atoms with Gasteiger partial charge in [0, 0.05) is 45.8 Å². The SMILES string of the molecule is CCOCC(=O)N1CCC(c2nnc(CN3CCC(O)CC3)n2C)CC1. The second-order valence-electron chi connectivity index (χ2n) is 7.33. The molecule has 0 aliphatic carbocycles. The Balaban J connectivity index is 1.53. The van der Waals surface area contributed by atoms with Crippen LogP contribution in [0.4, 0.5) is 0 Å². The molecule has 0 atom stereocenters. The van der Waals surface area contributed by atoms with E-state index in [1.807, 2.05) is 18.9 Å². The number of carbonyl (C=O) groups excluding carboxylic acids is 1. The van der Waals surface area contributed by atoms with Gasteiger partial charge in [-0.1, -0.05) is 0 Å². The van der Waals surface area contributed by atoms with Crippen molar-refractivity contribution in [3.05, 3.63) is 11.6 Å². The van der Waals surface area contributed by atoms with E-state index < -0.39 is 0 Å². The molecule has 1 aromatic heterocycles. The lowest BCUT2D eigenvalue weighted by Gasteiger charge is -2.31.